The minimum Gasteiger partial charge on any atom is -0.294 e. The molecule has 0 saturated carbocycles. The molecule has 90 valence electrons. The quantitative estimate of drug-likeness (QED) is 0.608. The monoisotopic (exact) mass is 239 g/mol. The summed E-state index contributed by atoms with van der Waals surface area (Å²) in [5, 5.41) is 0. The standard InChI is InChI=1S/C15H13NO2/c1-11-7-8-16-13(9-11)15(18)10-14(17)12-5-3-2-4-6-12/h2-9H,10H2,1H3. The summed E-state index contributed by atoms with van der Waals surface area (Å²) in [6, 6.07) is 12.3. The van der Waals surface area contributed by atoms with Crippen molar-refractivity contribution in [3.05, 3.63) is 65.5 Å². The van der Waals surface area contributed by atoms with Gasteiger partial charge in [0.15, 0.2) is 11.6 Å². The van der Waals surface area contributed by atoms with Gasteiger partial charge in [0, 0.05) is 11.8 Å². The molecule has 0 bridgehead atoms. The van der Waals surface area contributed by atoms with Crippen molar-refractivity contribution < 1.29 is 9.59 Å². The first-order valence-electron chi connectivity index (χ1n) is 5.71. The van der Waals surface area contributed by atoms with Crippen LogP contribution in [-0.2, 0) is 0 Å². The molecule has 0 N–H and O–H groups in total. The highest BCUT2D eigenvalue weighted by atomic mass is 16.1. The Kier molecular flexibility index (Phi) is 3.63. The molecule has 3 heteroatoms. The second-order valence-corrected chi connectivity index (χ2v) is 4.11. The van der Waals surface area contributed by atoms with Crippen molar-refractivity contribution in [2.75, 3.05) is 0 Å². The highest BCUT2D eigenvalue weighted by Gasteiger charge is 2.14. The predicted molar refractivity (Wildman–Crippen MR) is 68.7 cm³/mol. The lowest BCUT2D eigenvalue weighted by Crippen LogP contribution is -2.10. The number of hydrogen-bond acceptors (Lipinski definition) is 3. The van der Waals surface area contributed by atoms with Crippen molar-refractivity contribution in [2.45, 2.75) is 13.3 Å². The lowest BCUT2D eigenvalue weighted by Gasteiger charge is -2.01. The van der Waals surface area contributed by atoms with E-state index in [1.165, 1.54) is 0 Å². The van der Waals surface area contributed by atoms with E-state index in [0.717, 1.165) is 5.56 Å². The number of hydrogen-bond donors (Lipinski definition) is 0. The van der Waals surface area contributed by atoms with Crippen LogP contribution in [0, 0.1) is 6.92 Å². The maximum absolute atomic E-state index is 11.9. The minimum atomic E-state index is -0.243. The highest BCUT2D eigenvalue weighted by Crippen LogP contribution is 2.08. The summed E-state index contributed by atoms with van der Waals surface area (Å²) in [4.78, 5) is 27.7. The average molecular weight is 239 g/mol. The third kappa shape index (κ3) is 2.88. The highest BCUT2D eigenvalue weighted by molar-refractivity contribution is 6.12. The van der Waals surface area contributed by atoms with Crippen molar-refractivity contribution in [3.63, 3.8) is 0 Å². The van der Waals surface area contributed by atoms with Crippen molar-refractivity contribution in [1.82, 2.24) is 4.98 Å². The zero-order chi connectivity index (χ0) is 13.0. The molecular weight excluding hydrogens is 226 g/mol. The Bertz CT molecular complexity index is 576. The summed E-state index contributed by atoms with van der Waals surface area (Å²) in [6.07, 6.45) is 1.44. The lowest BCUT2D eigenvalue weighted by molar-refractivity contribution is 0.0891. The molecule has 0 aliphatic heterocycles. The van der Waals surface area contributed by atoms with Crippen LogP contribution in [0.1, 0.15) is 32.8 Å². The smallest absolute Gasteiger partial charge is 0.188 e. The van der Waals surface area contributed by atoms with E-state index in [-0.39, 0.29) is 18.0 Å². The van der Waals surface area contributed by atoms with Gasteiger partial charge in [-0.1, -0.05) is 30.3 Å². The molecule has 2 rings (SSSR count). The molecule has 0 atom stereocenters. The van der Waals surface area contributed by atoms with Gasteiger partial charge in [0.2, 0.25) is 0 Å². The van der Waals surface area contributed by atoms with Crippen LogP contribution in [-0.4, -0.2) is 16.6 Å². The number of aromatic nitrogens is 1. The normalized spacial score (nSPS) is 10.1. The van der Waals surface area contributed by atoms with Crippen LogP contribution in [0.25, 0.3) is 0 Å². The topological polar surface area (TPSA) is 47.0 Å². The SMILES string of the molecule is Cc1ccnc(C(=O)CC(=O)c2ccccc2)c1. The van der Waals surface area contributed by atoms with Gasteiger partial charge in [0.05, 0.1) is 6.42 Å². The molecule has 2 aromatic rings. The fourth-order valence-corrected chi connectivity index (χ4v) is 1.65. The molecule has 1 aromatic heterocycles. The van der Waals surface area contributed by atoms with E-state index in [1.807, 2.05) is 19.1 Å². The number of rotatable bonds is 4. The van der Waals surface area contributed by atoms with E-state index >= 15 is 0 Å². The Balaban J connectivity index is 2.11. The molecule has 0 amide bonds. The largest absolute Gasteiger partial charge is 0.294 e. The van der Waals surface area contributed by atoms with Gasteiger partial charge in [0.25, 0.3) is 0 Å². The zero-order valence-electron chi connectivity index (χ0n) is 10.1. The lowest BCUT2D eigenvalue weighted by atomic mass is 10.0. The summed E-state index contributed by atoms with van der Waals surface area (Å²) in [6.45, 7) is 1.89. The number of carbonyl (C=O) groups excluding carboxylic acids is 2. The average Bonchev–Trinajstić information content (AvgIpc) is 2.39. The first-order chi connectivity index (χ1) is 8.66. The maximum Gasteiger partial charge on any atom is 0.188 e. The molecule has 0 aliphatic rings. The molecule has 18 heavy (non-hydrogen) atoms. The summed E-state index contributed by atoms with van der Waals surface area (Å²) in [5.41, 5.74) is 1.86. The molecule has 1 aromatic carbocycles. The molecule has 3 nitrogen and oxygen atoms in total. The zero-order valence-corrected chi connectivity index (χ0v) is 10.1. The fourth-order valence-electron chi connectivity index (χ4n) is 1.65. The van der Waals surface area contributed by atoms with Gasteiger partial charge in [-0.05, 0) is 24.6 Å². The molecule has 0 fully saturated rings. The van der Waals surface area contributed by atoms with Gasteiger partial charge in [-0.15, -0.1) is 0 Å². The van der Waals surface area contributed by atoms with E-state index in [0.29, 0.717) is 11.3 Å². The van der Waals surface area contributed by atoms with Gasteiger partial charge < -0.3 is 0 Å². The Hall–Kier alpha value is -2.29. The third-order valence-corrected chi connectivity index (χ3v) is 2.62. The number of ketones is 2. The number of Topliss-reactive ketones (excluding diaryl/α,β-unsaturated/α-hetero) is 2. The van der Waals surface area contributed by atoms with Gasteiger partial charge in [-0.2, -0.15) is 0 Å². The van der Waals surface area contributed by atoms with Crippen LogP contribution in [0.4, 0.5) is 0 Å². The molecule has 0 spiro atoms. The Morgan fingerprint density at radius 3 is 2.44 bits per heavy atom. The predicted octanol–water partition coefficient (Wildman–Crippen LogP) is 2.85. The minimum absolute atomic E-state index is 0.138. The van der Waals surface area contributed by atoms with Crippen LogP contribution in [0.2, 0.25) is 0 Å². The fraction of sp³-hybridized carbons (Fsp3) is 0.133. The summed E-state index contributed by atoms with van der Waals surface area (Å²) < 4.78 is 0. The van der Waals surface area contributed by atoms with Crippen molar-refractivity contribution in [1.29, 1.82) is 0 Å². The van der Waals surface area contributed by atoms with E-state index in [9.17, 15) is 9.59 Å². The summed E-state index contributed by atoms with van der Waals surface area (Å²) in [7, 11) is 0. The third-order valence-electron chi connectivity index (χ3n) is 2.62. The Morgan fingerprint density at radius 2 is 1.78 bits per heavy atom. The summed E-state index contributed by atoms with van der Waals surface area (Å²) >= 11 is 0. The number of aryl methyl sites for hydroxylation is 1. The second-order valence-electron chi connectivity index (χ2n) is 4.11. The summed E-state index contributed by atoms with van der Waals surface area (Å²) in [5.74, 6) is -0.420. The number of nitrogens with zero attached hydrogens (tertiary/aromatic N) is 1. The van der Waals surface area contributed by atoms with Gasteiger partial charge in [-0.3, -0.25) is 14.6 Å². The van der Waals surface area contributed by atoms with Crippen LogP contribution in [0.5, 0.6) is 0 Å². The molecule has 0 saturated heterocycles. The van der Waals surface area contributed by atoms with Crippen LogP contribution in [0.3, 0.4) is 0 Å². The van der Waals surface area contributed by atoms with E-state index in [2.05, 4.69) is 4.98 Å². The first kappa shape index (κ1) is 12.2. The van der Waals surface area contributed by atoms with Crippen molar-refractivity contribution >= 4 is 11.6 Å². The molecule has 0 radical (unpaired) electrons. The molecular formula is C15H13NO2. The van der Waals surface area contributed by atoms with Crippen molar-refractivity contribution in [2.24, 2.45) is 0 Å². The second kappa shape index (κ2) is 5.36. The van der Waals surface area contributed by atoms with Crippen LogP contribution >= 0.6 is 0 Å². The van der Waals surface area contributed by atoms with E-state index in [4.69, 9.17) is 0 Å². The van der Waals surface area contributed by atoms with Gasteiger partial charge >= 0.3 is 0 Å². The first-order valence-corrected chi connectivity index (χ1v) is 5.71. The van der Waals surface area contributed by atoms with Crippen LogP contribution in [0.15, 0.2) is 48.7 Å². The Labute approximate surface area is 105 Å². The van der Waals surface area contributed by atoms with Gasteiger partial charge in [0.1, 0.15) is 5.69 Å². The van der Waals surface area contributed by atoms with Crippen LogP contribution < -0.4 is 0 Å². The van der Waals surface area contributed by atoms with Gasteiger partial charge in [-0.25, -0.2) is 0 Å². The van der Waals surface area contributed by atoms with E-state index < -0.39 is 0 Å². The molecule has 0 unspecified atom stereocenters. The number of carbonyl (C=O) groups is 2. The Morgan fingerprint density at radius 1 is 1.06 bits per heavy atom. The van der Waals surface area contributed by atoms with Crippen molar-refractivity contribution in [3.8, 4) is 0 Å². The molecule has 1 heterocycles. The maximum atomic E-state index is 11.9. The number of benzene rings is 1. The molecule has 0 aliphatic carbocycles. The van der Waals surface area contributed by atoms with E-state index in [1.54, 1.807) is 36.5 Å². The number of pyridine rings is 1.